The van der Waals surface area contributed by atoms with E-state index in [9.17, 15) is 4.79 Å². The van der Waals surface area contributed by atoms with E-state index in [-0.39, 0.29) is 12.3 Å². The summed E-state index contributed by atoms with van der Waals surface area (Å²) in [7, 11) is 0. The van der Waals surface area contributed by atoms with E-state index in [4.69, 9.17) is 4.98 Å². The standard InChI is InChI=1S/C30H24N8O/c1-3-5-18(2)12-26(39)34-22-13-20(15-32-17-22)21-14-24-28(37-38-29(24)33-16-21)30-35-25-7-4-6-23(27(25)36-30)19-8-10-31-11-9-19/h3-11,13-17H,2,12H2,1H3,(H,34,39)(H,35,36)(H,33,37,38)/b5-3-. The summed E-state index contributed by atoms with van der Waals surface area (Å²) in [4.78, 5) is 33.7. The van der Waals surface area contributed by atoms with Gasteiger partial charge in [-0.25, -0.2) is 9.97 Å². The SMILES string of the molecule is C=C(/C=C\C)CC(=O)Nc1cncc(-c2cnc3n[nH]c(-c4nc5c(-c6ccncc6)cccc5[nH]4)c3c2)c1. The largest absolute Gasteiger partial charge is 0.337 e. The molecule has 39 heavy (non-hydrogen) atoms. The number of nitrogens with zero attached hydrogens (tertiary/aromatic N) is 5. The maximum absolute atomic E-state index is 12.4. The third-order valence-corrected chi connectivity index (χ3v) is 6.30. The molecule has 6 rings (SSSR count). The number of rotatable bonds is 7. The molecule has 1 aromatic carbocycles. The molecule has 5 heterocycles. The van der Waals surface area contributed by atoms with Gasteiger partial charge in [-0.3, -0.25) is 19.9 Å². The maximum Gasteiger partial charge on any atom is 0.228 e. The molecule has 0 aliphatic rings. The first-order chi connectivity index (χ1) is 19.1. The van der Waals surface area contributed by atoms with Gasteiger partial charge < -0.3 is 10.3 Å². The zero-order chi connectivity index (χ0) is 26.8. The molecule has 0 spiro atoms. The monoisotopic (exact) mass is 512 g/mol. The Kier molecular flexibility index (Phi) is 6.22. The number of nitrogens with one attached hydrogen (secondary N) is 3. The number of aromatic amines is 2. The van der Waals surface area contributed by atoms with Gasteiger partial charge >= 0.3 is 0 Å². The van der Waals surface area contributed by atoms with Gasteiger partial charge in [-0.2, -0.15) is 5.10 Å². The van der Waals surface area contributed by atoms with E-state index in [0.29, 0.717) is 17.2 Å². The minimum absolute atomic E-state index is 0.154. The van der Waals surface area contributed by atoms with Gasteiger partial charge in [-0.05, 0) is 48.4 Å². The maximum atomic E-state index is 12.4. The van der Waals surface area contributed by atoms with E-state index in [1.54, 1.807) is 31.0 Å². The first-order valence-corrected chi connectivity index (χ1v) is 12.4. The Morgan fingerprint density at radius 1 is 1.03 bits per heavy atom. The number of H-pyrrole nitrogens is 2. The van der Waals surface area contributed by atoms with E-state index in [0.717, 1.165) is 49.9 Å². The predicted octanol–water partition coefficient (Wildman–Crippen LogP) is 6.09. The van der Waals surface area contributed by atoms with E-state index >= 15 is 0 Å². The Balaban J connectivity index is 1.34. The summed E-state index contributed by atoms with van der Waals surface area (Å²) in [6, 6.07) is 13.8. The van der Waals surface area contributed by atoms with Crippen LogP contribution in [0, 0.1) is 0 Å². The number of hydrogen-bond donors (Lipinski definition) is 3. The fourth-order valence-corrected chi connectivity index (χ4v) is 4.53. The minimum Gasteiger partial charge on any atom is -0.337 e. The Labute approximate surface area is 223 Å². The van der Waals surface area contributed by atoms with Gasteiger partial charge in [-0.1, -0.05) is 30.9 Å². The molecule has 3 N–H and O–H groups in total. The molecule has 9 heteroatoms. The van der Waals surface area contributed by atoms with Gasteiger partial charge in [0.25, 0.3) is 0 Å². The number of aromatic nitrogens is 7. The Hall–Kier alpha value is -5.44. The average Bonchev–Trinajstić information content (AvgIpc) is 3.57. The summed E-state index contributed by atoms with van der Waals surface area (Å²) < 4.78 is 0. The third kappa shape index (κ3) is 4.80. The topological polar surface area (TPSA) is 125 Å². The van der Waals surface area contributed by atoms with Gasteiger partial charge in [-0.15, -0.1) is 0 Å². The van der Waals surface area contributed by atoms with Gasteiger partial charge in [0, 0.05) is 41.5 Å². The summed E-state index contributed by atoms with van der Waals surface area (Å²) in [5, 5.41) is 11.2. The van der Waals surface area contributed by atoms with Crippen molar-refractivity contribution in [1.82, 2.24) is 35.1 Å². The second-order valence-corrected chi connectivity index (χ2v) is 9.06. The highest BCUT2D eigenvalue weighted by atomic mass is 16.1. The van der Waals surface area contributed by atoms with Gasteiger partial charge in [0.15, 0.2) is 11.5 Å². The molecule has 0 fully saturated rings. The van der Waals surface area contributed by atoms with Gasteiger partial charge in [0.05, 0.1) is 34.7 Å². The van der Waals surface area contributed by atoms with Crippen LogP contribution in [0.25, 0.3) is 55.8 Å². The Bertz CT molecular complexity index is 1870. The molecule has 1 amide bonds. The van der Waals surface area contributed by atoms with Crippen molar-refractivity contribution in [1.29, 1.82) is 0 Å². The van der Waals surface area contributed by atoms with Crippen molar-refractivity contribution in [2.45, 2.75) is 13.3 Å². The van der Waals surface area contributed by atoms with E-state index in [1.165, 1.54) is 0 Å². The zero-order valence-electron chi connectivity index (χ0n) is 21.1. The van der Waals surface area contributed by atoms with Crippen molar-refractivity contribution in [3.63, 3.8) is 0 Å². The number of allylic oxidation sites excluding steroid dienone is 2. The number of benzene rings is 1. The second-order valence-electron chi connectivity index (χ2n) is 9.06. The molecule has 0 aliphatic heterocycles. The molecule has 190 valence electrons. The van der Waals surface area contributed by atoms with Crippen molar-refractivity contribution in [3.8, 4) is 33.8 Å². The number of pyridine rings is 3. The van der Waals surface area contributed by atoms with Crippen LogP contribution in [-0.2, 0) is 4.79 Å². The van der Waals surface area contributed by atoms with Crippen LogP contribution in [-0.4, -0.2) is 41.0 Å². The number of carbonyl (C=O) groups is 1. The van der Waals surface area contributed by atoms with Crippen molar-refractivity contribution in [3.05, 3.63) is 97.8 Å². The number of hydrogen-bond acceptors (Lipinski definition) is 6. The lowest BCUT2D eigenvalue weighted by molar-refractivity contribution is -0.115. The molecule has 0 radical (unpaired) electrons. The van der Waals surface area contributed by atoms with Crippen LogP contribution in [0.15, 0.2) is 97.8 Å². The van der Waals surface area contributed by atoms with E-state index in [2.05, 4.69) is 42.0 Å². The Morgan fingerprint density at radius 2 is 1.87 bits per heavy atom. The zero-order valence-corrected chi connectivity index (χ0v) is 21.1. The number of fused-ring (bicyclic) bond motifs is 2. The lowest BCUT2D eigenvalue weighted by atomic mass is 10.1. The third-order valence-electron chi connectivity index (χ3n) is 6.30. The van der Waals surface area contributed by atoms with Crippen LogP contribution in [0.2, 0.25) is 0 Å². The van der Waals surface area contributed by atoms with Gasteiger partial charge in [0.1, 0.15) is 5.69 Å². The summed E-state index contributed by atoms with van der Waals surface area (Å²) in [6.07, 6.45) is 12.5. The summed E-state index contributed by atoms with van der Waals surface area (Å²) in [5.74, 6) is 0.507. The van der Waals surface area contributed by atoms with E-state index in [1.807, 2.05) is 61.5 Å². The highest BCUT2D eigenvalue weighted by Crippen LogP contribution is 2.32. The number of para-hydroxylation sites is 1. The predicted molar refractivity (Wildman–Crippen MR) is 153 cm³/mol. The Morgan fingerprint density at radius 3 is 2.72 bits per heavy atom. The number of carbonyl (C=O) groups excluding carboxylic acids is 1. The van der Waals surface area contributed by atoms with Crippen LogP contribution < -0.4 is 5.32 Å². The summed E-state index contributed by atoms with van der Waals surface area (Å²) in [6.45, 7) is 5.78. The fraction of sp³-hybridized carbons (Fsp3) is 0.0667. The average molecular weight is 513 g/mol. The van der Waals surface area contributed by atoms with Crippen LogP contribution >= 0.6 is 0 Å². The molecule has 0 bridgehead atoms. The van der Waals surface area contributed by atoms with Crippen molar-refractivity contribution < 1.29 is 4.79 Å². The molecule has 9 nitrogen and oxygen atoms in total. The summed E-state index contributed by atoms with van der Waals surface area (Å²) in [5.41, 5.74) is 8.11. The lowest BCUT2D eigenvalue weighted by Gasteiger charge is -2.07. The quantitative estimate of drug-likeness (QED) is 0.222. The molecule has 5 aromatic heterocycles. The van der Waals surface area contributed by atoms with Crippen LogP contribution in [0.5, 0.6) is 0 Å². The van der Waals surface area contributed by atoms with Crippen molar-refractivity contribution in [2.24, 2.45) is 0 Å². The molecule has 0 atom stereocenters. The minimum atomic E-state index is -0.154. The molecule has 6 aromatic rings. The van der Waals surface area contributed by atoms with Crippen LogP contribution in [0.4, 0.5) is 5.69 Å². The molecular weight excluding hydrogens is 488 g/mol. The number of imidazole rings is 1. The first kappa shape index (κ1) is 23.9. The highest BCUT2D eigenvalue weighted by molar-refractivity contribution is 5.97. The fourth-order valence-electron chi connectivity index (χ4n) is 4.53. The van der Waals surface area contributed by atoms with E-state index < -0.39 is 0 Å². The first-order valence-electron chi connectivity index (χ1n) is 12.4. The number of anilines is 1. The summed E-state index contributed by atoms with van der Waals surface area (Å²) >= 11 is 0. The highest BCUT2D eigenvalue weighted by Gasteiger charge is 2.16. The van der Waals surface area contributed by atoms with Gasteiger partial charge in [0.2, 0.25) is 5.91 Å². The molecule has 0 saturated carbocycles. The number of amides is 1. The van der Waals surface area contributed by atoms with Crippen molar-refractivity contribution >= 4 is 33.7 Å². The normalized spacial score (nSPS) is 11.4. The molecule has 0 aliphatic carbocycles. The lowest BCUT2D eigenvalue weighted by Crippen LogP contribution is -2.11. The van der Waals surface area contributed by atoms with Crippen LogP contribution in [0.3, 0.4) is 0 Å². The molecule has 0 saturated heterocycles. The van der Waals surface area contributed by atoms with Crippen LogP contribution in [0.1, 0.15) is 13.3 Å². The second kappa shape index (κ2) is 10.1. The molecule has 0 unspecified atom stereocenters. The van der Waals surface area contributed by atoms with Crippen molar-refractivity contribution in [2.75, 3.05) is 5.32 Å². The smallest absolute Gasteiger partial charge is 0.228 e. The molecular formula is C30H24N8O.